The minimum absolute atomic E-state index is 0.181. The molecule has 4 rings (SSSR count). The maximum absolute atomic E-state index is 14.1. The molecule has 0 aromatic heterocycles. The van der Waals surface area contributed by atoms with Crippen LogP contribution in [-0.4, -0.2) is 57.7 Å². The summed E-state index contributed by atoms with van der Waals surface area (Å²) >= 11 is 0. The number of hydrogen-bond donors (Lipinski definition) is 1. The van der Waals surface area contributed by atoms with Crippen LogP contribution in [0, 0.1) is 5.82 Å². The maximum atomic E-state index is 14.1. The first kappa shape index (κ1) is 23.1. The average molecular weight is 462 g/mol. The molecule has 0 bridgehead atoms. The van der Waals surface area contributed by atoms with E-state index >= 15 is 0 Å². The zero-order valence-corrected chi connectivity index (χ0v) is 18.2. The van der Waals surface area contributed by atoms with E-state index < -0.39 is 41.2 Å². The summed E-state index contributed by atoms with van der Waals surface area (Å²) in [5, 5.41) is 9.58. The normalized spacial score (nSPS) is 25.0. The summed E-state index contributed by atoms with van der Waals surface area (Å²) < 4.78 is 47.1. The Bertz CT molecular complexity index is 1060. The highest BCUT2D eigenvalue weighted by Gasteiger charge is 2.58. The lowest BCUT2D eigenvalue weighted by molar-refractivity contribution is -0.142. The van der Waals surface area contributed by atoms with Crippen LogP contribution in [0.25, 0.3) is 0 Å². The van der Waals surface area contributed by atoms with E-state index in [1.807, 2.05) is 0 Å². The van der Waals surface area contributed by atoms with Crippen molar-refractivity contribution in [2.24, 2.45) is 0 Å². The highest BCUT2D eigenvalue weighted by molar-refractivity contribution is 5.95. The number of rotatable bonds is 4. The Morgan fingerprint density at radius 3 is 2.61 bits per heavy atom. The molecule has 0 radical (unpaired) electrons. The van der Waals surface area contributed by atoms with Gasteiger partial charge in [0.1, 0.15) is 23.6 Å². The van der Waals surface area contributed by atoms with Crippen LogP contribution in [0.3, 0.4) is 0 Å². The summed E-state index contributed by atoms with van der Waals surface area (Å²) in [5.41, 5.74) is -0.975. The van der Waals surface area contributed by atoms with Crippen LogP contribution in [0.4, 0.5) is 13.2 Å². The van der Waals surface area contributed by atoms with Gasteiger partial charge in [-0.2, -0.15) is 0 Å². The minimum atomic E-state index is -1.10. The van der Waals surface area contributed by atoms with Crippen LogP contribution in [0.1, 0.15) is 43.0 Å². The molecule has 1 N–H and O–H groups in total. The third kappa shape index (κ3) is 4.29. The fourth-order valence-electron chi connectivity index (χ4n) is 4.83. The lowest BCUT2D eigenvalue weighted by Crippen LogP contribution is -2.52. The van der Waals surface area contributed by atoms with Crippen molar-refractivity contribution in [3.63, 3.8) is 0 Å². The predicted octanol–water partition coefficient (Wildman–Crippen LogP) is 4.14. The molecule has 6 nitrogen and oxygen atoms in total. The number of fused-ring (bicyclic) bond motifs is 1. The van der Waals surface area contributed by atoms with Crippen LogP contribution >= 0.6 is 0 Å². The number of amides is 2. The molecule has 3 fully saturated rings. The second kappa shape index (κ2) is 8.70. The summed E-state index contributed by atoms with van der Waals surface area (Å²) in [7, 11) is 0. The smallest absolute Gasteiger partial charge is 0.257 e. The Morgan fingerprint density at radius 1 is 1.24 bits per heavy atom. The van der Waals surface area contributed by atoms with E-state index in [0.29, 0.717) is 18.4 Å². The summed E-state index contributed by atoms with van der Waals surface area (Å²) in [6.45, 7) is 5.37. The molecule has 3 aliphatic heterocycles. The molecule has 9 heteroatoms. The largest absolute Gasteiger partial charge is 0.508 e. The minimum Gasteiger partial charge on any atom is -0.508 e. The second-order valence-electron chi connectivity index (χ2n) is 8.66. The van der Waals surface area contributed by atoms with Crippen molar-refractivity contribution in [3.05, 3.63) is 65.5 Å². The fraction of sp³-hybridized carbons (Fsp3) is 0.417. The van der Waals surface area contributed by atoms with E-state index in [-0.39, 0.29) is 43.2 Å². The van der Waals surface area contributed by atoms with Gasteiger partial charge < -0.3 is 19.6 Å². The molecule has 0 saturated carbocycles. The lowest BCUT2D eigenvalue weighted by Gasteiger charge is -2.37. The molecular formula is C24H25F3N2O4. The van der Waals surface area contributed by atoms with E-state index in [4.69, 9.17) is 4.74 Å². The van der Waals surface area contributed by atoms with Crippen LogP contribution in [-0.2, 0) is 9.53 Å². The quantitative estimate of drug-likeness (QED) is 0.683. The van der Waals surface area contributed by atoms with Gasteiger partial charge in [-0.3, -0.25) is 9.59 Å². The van der Waals surface area contributed by atoms with Crippen molar-refractivity contribution in [3.8, 4) is 5.75 Å². The first-order chi connectivity index (χ1) is 15.6. The van der Waals surface area contributed by atoms with Crippen molar-refractivity contribution in [1.82, 2.24) is 9.80 Å². The number of phenols is 1. The number of benzene rings is 1. The summed E-state index contributed by atoms with van der Waals surface area (Å²) in [6.07, 6.45) is 2.98. The molecule has 1 aromatic carbocycles. The van der Waals surface area contributed by atoms with Gasteiger partial charge in [0.2, 0.25) is 0 Å². The van der Waals surface area contributed by atoms with Crippen molar-refractivity contribution in [2.45, 2.75) is 50.5 Å². The van der Waals surface area contributed by atoms with Gasteiger partial charge in [0.05, 0.1) is 17.4 Å². The van der Waals surface area contributed by atoms with Gasteiger partial charge in [-0.25, -0.2) is 13.2 Å². The van der Waals surface area contributed by atoms with Gasteiger partial charge in [0, 0.05) is 32.0 Å². The highest BCUT2D eigenvalue weighted by Crippen LogP contribution is 2.44. The first-order valence-electron chi connectivity index (χ1n) is 10.8. The summed E-state index contributed by atoms with van der Waals surface area (Å²) in [6, 6.07) is 2.82. The number of aromatic hydroxyl groups is 1. The van der Waals surface area contributed by atoms with E-state index in [1.54, 1.807) is 4.90 Å². The number of piperidine rings is 1. The number of halogens is 3. The average Bonchev–Trinajstić information content (AvgIpc) is 3.27. The van der Waals surface area contributed by atoms with E-state index in [2.05, 4.69) is 6.58 Å². The molecule has 3 saturated heterocycles. The molecule has 3 aliphatic rings. The van der Waals surface area contributed by atoms with Gasteiger partial charge in [-0.05, 0) is 49.6 Å². The van der Waals surface area contributed by atoms with Gasteiger partial charge in [0.25, 0.3) is 11.8 Å². The Hall–Kier alpha value is -3.07. The molecule has 0 aliphatic carbocycles. The molecule has 33 heavy (non-hydrogen) atoms. The van der Waals surface area contributed by atoms with Gasteiger partial charge in [-0.1, -0.05) is 6.58 Å². The molecule has 176 valence electrons. The van der Waals surface area contributed by atoms with Crippen molar-refractivity contribution < 1.29 is 32.6 Å². The van der Waals surface area contributed by atoms with Gasteiger partial charge in [0.15, 0.2) is 5.60 Å². The van der Waals surface area contributed by atoms with Crippen molar-refractivity contribution in [2.75, 3.05) is 13.1 Å². The maximum Gasteiger partial charge on any atom is 0.257 e. The lowest BCUT2D eigenvalue weighted by atomic mass is 9.89. The Balaban J connectivity index is 1.45. The SMILES string of the molecule is C=C(/C=C(F)\C=C(/C)F)[C@@H]1CC[C@H]2OC3(CCN(C(=O)c4cc(O)ccc4F)CC3)C(=O)N21. The van der Waals surface area contributed by atoms with Crippen LogP contribution in [0.2, 0.25) is 0 Å². The monoisotopic (exact) mass is 462 g/mol. The molecule has 3 heterocycles. The zero-order chi connectivity index (χ0) is 23.9. The fourth-order valence-corrected chi connectivity index (χ4v) is 4.83. The number of ether oxygens (including phenoxy) is 1. The number of hydrogen-bond acceptors (Lipinski definition) is 4. The van der Waals surface area contributed by atoms with Gasteiger partial charge >= 0.3 is 0 Å². The van der Waals surface area contributed by atoms with E-state index in [9.17, 15) is 27.9 Å². The number of carbonyl (C=O) groups excluding carboxylic acids is 2. The molecule has 2 atom stereocenters. The summed E-state index contributed by atoms with van der Waals surface area (Å²) in [5.74, 6) is -3.20. The molecule has 1 spiro atoms. The topological polar surface area (TPSA) is 70.1 Å². The van der Waals surface area contributed by atoms with Crippen LogP contribution in [0.15, 0.2) is 54.2 Å². The molecule has 2 amide bonds. The van der Waals surface area contributed by atoms with Crippen molar-refractivity contribution >= 4 is 11.8 Å². The van der Waals surface area contributed by atoms with E-state index in [0.717, 1.165) is 37.3 Å². The van der Waals surface area contributed by atoms with Gasteiger partial charge in [-0.15, -0.1) is 0 Å². The number of carbonyl (C=O) groups is 2. The number of nitrogens with zero attached hydrogens (tertiary/aromatic N) is 2. The Labute approximate surface area is 189 Å². The van der Waals surface area contributed by atoms with Crippen molar-refractivity contribution in [1.29, 1.82) is 0 Å². The third-order valence-corrected chi connectivity index (χ3v) is 6.45. The Morgan fingerprint density at radius 2 is 1.94 bits per heavy atom. The predicted molar refractivity (Wildman–Crippen MR) is 114 cm³/mol. The number of phenolic OH excluding ortho intramolecular Hbond substituents is 1. The number of allylic oxidation sites excluding steroid dienone is 3. The third-order valence-electron chi connectivity index (χ3n) is 6.45. The molecular weight excluding hydrogens is 437 g/mol. The Kier molecular flexibility index (Phi) is 6.09. The van der Waals surface area contributed by atoms with Crippen LogP contribution in [0.5, 0.6) is 5.75 Å². The molecule has 0 unspecified atom stereocenters. The standard InChI is InChI=1S/C24H25F3N2O4/c1-14(11-16(26)12-15(2)25)20-5-6-21-29(20)23(32)24(33-21)7-9-28(10-8-24)22(31)18-13-17(30)3-4-19(18)27/h3-4,11-13,20-21,30H,1,5-10H2,2H3/b15-12+,16-11+/t20-,21+/m0/s1. The van der Waals surface area contributed by atoms with Crippen LogP contribution < -0.4 is 0 Å². The zero-order valence-electron chi connectivity index (χ0n) is 18.2. The van der Waals surface area contributed by atoms with E-state index in [1.165, 1.54) is 4.90 Å². The molecule has 1 aromatic rings. The second-order valence-corrected chi connectivity index (χ2v) is 8.66. The number of likely N-dealkylation sites (tertiary alicyclic amines) is 1. The summed E-state index contributed by atoms with van der Waals surface area (Å²) in [4.78, 5) is 29.1. The highest BCUT2D eigenvalue weighted by atomic mass is 19.1. The first-order valence-corrected chi connectivity index (χ1v) is 10.8.